The molecule has 0 bridgehead atoms. The number of nitrogens with two attached hydrogens (primary N) is 1. The summed E-state index contributed by atoms with van der Waals surface area (Å²) in [4.78, 5) is 23.4. The third-order valence-corrected chi connectivity index (χ3v) is 2.37. The highest BCUT2D eigenvalue weighted by Crippen LogP contribution is 2.01. The number of rotatable bonds is 10. The summed E-state index contributed by atoms with van der Waals surface area (Å²) in [6.45, 7) is 4.04. The largest absolute Gasteiger partial charge is 0.466 e. The van der Waals surface area contributed by atoms with Gasteiger partial charge in [0.1, 0.15) is 6.33 Å². The van der Waals surface area contributed by atoms with Crippen LogP contribution in [0, 0.1) is 0 Å². The summed E-state index contributed by atoms with van der Waals surface area (Å²) < 4.78 is 5.04. The van der Waals surface area contributed by atoms with Crippen molar-refractivity contribution in [3.05, 3.63) is 6.33 Å². The standard InChI is InChI=1S/C12H22N6O2/c1-2-3-8-20-10(19)4-6-14-11-16-9-17-12(18-11)15-7-5-13/h9H,2-8,13H2,1H3,(H2,14,15,16,17,18). The number of carbonyl (C=O) groups is 1. The van der Waals surface area contributed by atoms with Crippen LogP contribution < -0.4 is 16.4 Å². The fraction of sp³-hybridized carbons (Fsp3) is 0.667. The molecule has 1 aromatic heterocycles. The van der Waals surface area contributed by atoms with E-state index in [1.54, 1.807) is 0 Å². The highest BCUT2D eigenvalue weighted by atomic mass is 16.5. The second-order valence-corrected chi connectivity index (χ2v) is 4.10. The number of hydrogen-bond acceptors (Lipinski definition) is 8. The molecule has 0 unspecified atom stereocenters. The van der Waals surface area contributed by atoms with E-state index in [1.165, 1.54) is 6.33 Å². The first-order valence-electron chi connectivity index (χ1n) is 6.78. The monoisotopic (exact) mass is 282 g/mol. The summed E-state index contributed by atoms with van der Waals surface area (Å²) in [6, 6.07) is 0. The second kappa shape index (κ2) is 9.90. The highest BCUT2D eigenvalue weighted by molar-refractivity contribution is 5.69. The third-order valence-electron chi connectivity index (χ3n) is 2.37. The minimum atomic E-state index is -0.221. The van der Waals surface area contributed by atoms with Gasteiger partial charge in [-0.05, 0) is 6.42 Å². The maximum atomic E-state index is 11.4. The summed E-state index contributed by atoms with van der Waals surface area (Å²) in [5.41, 5.74) is 5.38. The summed E-state index contributed by atoms with van der Waals surface area (Å²) in [5, 5.41) is 5.90. The SMILES string of the molecule is CCCCOC(=O)CCNc1ncnc(NCCN)n1. The Hall–Kier alpha value is -1.96. The number of aromatic nitrogens is 3. The Morgan fingerprint density at radius 1 is 1.30 bits per heavy atom. The van der Waals surface area contributed by atoms with Crippen LogP contribution in [0.15, 0.2) is 6.33 Å². The van der Waals surface area contributed by atoms with Crippen LogP contribution in [0.4, 0.5) is 11.9 Å². The van der Waals surface area contributed by atoms with Crippen molar-refractivity contribution < 1.29 is 9.53 Å². The lowest BCUT2D eigenvalue weighted by Gasteiger charge is -2.07. The number of carbonyl (C=O) groups excluding carboxylic acids is 1. The van der Waals surface area contributed by atoms with E-state index in [0.717, 1.165) is 12.8 Å². The predicted molar refractivity (Wildman–Crippen MR) is 76.3 cm³/mol. The summed E-state index contributed by atoms with van der Waals surface area (Å²) in [6.07, 6.45) is 3.58. The fourth-order valence-electron chi connectivity index (χ4n) is 1.33. The number of nitrogens with zero attached hydrogens (tertiary/aromatic N) is 3. The first-order valence-corrected chi connectivity index (χ1v) is 6.78. The molecule has 1 heterocycles. The van der Waals surface area contributed by atoms with Gasteiger partial charge in [-0.1, -0.05) is 13.3 Å². The molecule has 4 N–H and O–H groups in total. The van der Waals surface area contributed by atoms with Crippen LogP contribution >= 0.6 is 0 Å². The molecule has 1 aromatic rings. The van der Waals surface area contributed by atoms with Crippen LogP contribution in [0.1, 0.15) is 26.2 Å². The van der Waals surface area contributed by atoms with Gasteiger partial charge in [0.25, 0.3) is 0 Å². The van der Waals surface area contributed by atoms with E-state index >= 15 is 0 Å². The Bertz CT molecular complexity index is 401. The van der Waals surface area contributed by atoms with Crippen molar-refractivity contribution in [3.8, 4) is 0 Å². The molecule has 0 atom stereocenters. The maximum absolute atomic E-state index is 11.4. The lowest BCUT2D eigenvalue weighted by Crippen LogP contribution is -2.16. The molecular weight excluding hydrogens is 260 g/mol. The predicted octanol–water partition coefficient (Wildman–Crippen LogP) is 0.388. The number of hydrogen-bond donors (Lipinski definition) is 3. The van der Waals surface area contributed by atoms with Crippen molar-refractivity contribution in [1.29, 1.82) is 0 Å². The molecule has 0 aromatic carbocycles. The normalized spacial score (nSPS) is 10.1. The van der Waals surface area contributed by atoms with E-state index in [4.69, 9.17) is 10.5 Å². The van der Waals surface area contributed by atoms with Crippen molar-refractivity contribution in [2.24, 2.45) is 5.73 Å². The number of ether oxygens (including phenoxy) is 1. The molecule has 0 saturated carbocycles. The van der Waals surface area contributed by atoms with Crippen molar-refractivity contribution >= 4 is 17.9 Å². The average Bonchev–Trinajstić information content (AvgIpc) is 2.46. The van der Waals surface area contributed by atoms with Gasteiger partial charge in [0, 0.05) is 19.6 Å². The lowest BCUT2D eigenvalue weighted by atomic mass is 10.3. The topological polar surface area (TPSA) is 115 Å². The van der Waals surface area contributed by atoms with Crippen molar-refractivity contribution in [1.82, 2.24) is 15.0 Å². The maximum Gasteiger partial charge on any atom is 0.307 e. The Labute approximate surface area is 118 Å². The van der Waals surface area contributed by atoms with E-state index in [1.807, 2.05) is 6.92 Å². The van der Waals surface area contributed by atoms with Crippen LogP contribution in [0.5, 0.6) is 0 Å². The summed E-state index contributed by atoms with van der Waals surface area (Å²) in [5.74, 6) is 0.654. The molecule has 0 aliphatic carbocycles. The van der Waals surface area contributed by atoms with Gasteiger partial charge in [-0.25, -0.2) is 9.97 Å². The Balaban J connectivity index is 2.25. The molecule has 0 radical (unpaired) electrons. The second-order valence-electron chi connectivity index (χ2n) is 4.10. The zero-order chi connectivity index (χ0) is 14.6. The van der Waals surface area contributed by atoms with Gasteiger partial charge in [0.2, 0.25) is 11.9 Å². The molecule has 20 heavy (non-hydrogen) atoms. The van der Waals surface area contributed by atoms with Gasteiger partial charge in [0.05, 0.1) is 13.0 Å². The molecule has 0 amide bonds. The number of esters is 1. The van der Waals surface area contributed by atoms with Gasteiger partial charge < -0.3 is 21.1 Å². The van der Waals surface area contributed by atoms with Gasteiger partial charge in [-0.2, -0.15) is 4.98 Å². The van der Waals surface area contributed by atoms with Crippen LogP contribution in [0.3, 0.4) is 0 Å². The first-order chi connectivity index (χ1) is 9.76. The molecule has 1 rings (SSSR count). The Kier molecular flexibility index (Phi) is 7.97. The smallest absolute Gasteiger partial charge is 0.307 e. The van der Waals surface area contributed by atoms with E-state index in [0.29, 0.717) is 38.1 Å². The summed E-state index contributed by atoms with van der Waals surface area (Å²) >= 11 is 0. The van der Waals surface area contributed by atoms with E-state index in [9.17, 15) is 4.79 Å². The molecule has 0 fully saturated rings. The lowest BCUT2D eigenvalue weighted by molar-refractivity contribution is -0.143. The van der Waals surface area contributed by atoms with E-state index in [2.05, 4.69) is 25.6 Å². The fourth-order valence-corrected chi connectivity index (χ4v) is 1.33. The van der Waals surface area contributed by atoms with Gasteiger partial charge in [-0.15, -0.1) is 0 Å². The van der Waals surface area contributed by atoms with Gasteiger partial charge >= 0.3 is 5.97 Å². The minimum absolute atomic E-state index is 0.221. The zero-order valence-corrected chi connectivity index (χ0v) is 11.8. The summed E-state index contributed by atoms with van der Waals surface area (Å²) in [7, 11) is 0. The van der Waals surface area contributed by atoms with Gasteiger partial charge in [-0.3, -0.25) is 4.79 Å². The van der Waals surface area contributed by atoms with Crippen LogP contribution in [-0.4, -0.2) is 47.2 Å². The van der Waals surface area contributed by atoms with E-state index < -0.39 is 0 Å². The van der Waals surface area contributed by atoms with Crippen LogP contribution in [0.2, 0.25) is 0 Å². The molecular formula is C12H22N6O2. The van der Waals surface area contributed by atoms with Crippen LogP contribution in [-0.2, 0) is 9.53 Å². The number of anilines is 2. The van der Waals surface area contributed by atoms with Crippen LogP contribution in [0.25, 0.3) is 0 Å². The highest BCUT2D eigenvalue weighted by Gasteiger charge is 2.04. The van der Waals surface area contributed by atoms with Crippen molar-refractivity contribution in [3.63, 3.8) is 0 Å². The Morgan fingerprint density at radius 3 is 2.65 bits per heavy atom. The molecule has 0 spiro atoms. The number of nitrogens with one attached hydrogen (secondary N) is 2. The molecule has 8 nitrogen and oxygen atoms in total. The molecule has 0 aliphatic heterocycles. The molecule has 112 valence electrons. The molecule has 0 saturated heterocycles. The molecule has 0 aliphatic rings. The molecule has 8 heteroatoms. The third kappa shape index (κ3) is 6.83. The quantitative estimate of drug-likeness (QED) is 0.417. The first kappa shape index (κ1) is 16.1. The Morgan fingerprint density at radius 2 is 2.00 bits per heavy atom. The minimum Gasteiger partial charge on any atom is -0.466 e. The van der Waals surface area contributed by atoms with Crippen molar-refractivity contribution in [2.45, 2.75) is 26.2 Å². The van der Waals surface area contributed by atoms with Crippen molar-refractivity contribution in [2.75, 3.05) is 36.9 Å². The zero-order valence-electron chi connectivity index (χ0n) is 11.8. The van der Waals surface area contributed by atoms with Gasteiger partial charge in [0.15, 0.2) is 0 Å². The number of unbranched alkanes of at least 4 members (excludes halogenated alkanes) is 1. The van der Waals surface area contributed by atoms with E-state index in [-0.39, 0.29) is 12.4 Å². The average molecular weight is 282 g/mol.